The molecule has 1 nitrogen and oxygen atoms in total. The summed E-state index contributed by atoms with van der Waals surface area (Å²) in [6, 6.07) is 0. The largest absolute Gasteiger partial charge is 0.295 e. The molecule has 0 aromatic carbocycles. The number of carbonyl (C=O) groups is 1. The van der Waals surface area contributed by atoms with Crippen LogP contribution in [0, 0.1) is 5.92 Å². The van der Waals surface area contributed by atoms with E-state index in [0.29, 0.717) is 12.3 Å². The van der Waals surface area contributed by atoms with Crippen LogP contribution in [0.25, 0.3) is 0 Å². The van der Waals surface area contributed by atoms with Gasteiger partial charge >= 0.3 is 0 Å². The van der Waals surface area contributed by atoms with Gasteiger partial charge in [0.05, 0.1) is 0 Å². The predicted molar refractivity (Wildman–Crippen MR) is 66.9 cm³/mol. The van der Waals surface area contributed by atoms with Crippen LogP contribution in [-0.2, 0) is 4.79 Å². The maximum Gasteiger partial charge on any atom is 0.155 e. The van der Waals surface area contributed by atoms with Crippen LogP contribution in [0.3, 0.4) is 0 Å². The molecule has 1 atom stereocenters. The van der Waals surface area contributed by atoms with Crippen molar-refractivity contribution in [1.82, 2.24) is 0 Å². The molecule has 0 aliphatic carbocycles. The summed E-state index contributed by atoms with van der Waals surface area (Å²) < 4.78 is 0. The molecule has 0 bridgehead atoms. The second kappa shape index (κ2) is 8.46. The average molecular weight is 208 g/mol. The SMILES string of the molecule is CC/C=C/[C@H](CC)C/C(C)=C/C(=O)CC. The van der Waals surface area contributed by atoms with Crippen molar-refractivity contribution in [3.63, 3.8) is 0 Å². The van der Waals surface area contributed by atoms with Gasteiger partial charge in [0.1, 0.15) is 0 Å². The Morgan fingerprint density at radius 2 is 1.93 bits per heavy atom. The first-order valence-corrected chi connectivity index (χ1v) is 6.00. The molecule has 0 saturated carbocycles. The molecule has 0 radical (unpaired) electrons. The fraction of sp³-hybridized carbons (Fsp3) is 0.643. The van der Waals surface area contributed by atoms with E-state index in [1.54, 1.807) is 6.08 Å². The topological polar surface area (TPSA) is 17.1 Å². The van der Waals surface area contributed by atoms with E-state index in [4.69, 9.17) is 0 Å². The van der Waals surface area contributed by atoms with E-state index >= 15 is 0 Å². The lowest BCUT2D eigenvalue weighted by molar-refractivity contribution is -0.114. The minimum absolute atomic E-state index is 0.238. The molecule has 0 amide bonds. The molecule has 0 aliphatic rings. The lowest BCUT2D eigenvalue weighted by atomic mass is 9.96. The van der Waals surface area contributed by atoms with Crippen molar-refractivity contribution >= 4 is 5.78 Å². The van der Waals surface area contributed by atoms with Crippen molar-refractivity contribution in [3.8, 4) is 0 Å². The first-order valence-electron chi connectivity index (χ1n) is 6.00. The van der Waals surface area contributed by atoms with Crippen LogP contribution in [0.15, 0.2) is 23.8 Å². The van der Waals surface area contributed by atoms with E-state index in [1.807, 2.05) is 6.92 Å². The number of allylic oxidation sites excluding steroid dienone is 4. The van der Waals surface area contributed by atoms with Crippen LogP contribution >= 0.6 is 0 Å². The molecule has 0 rings (SSSR count). The Hall–Kier alpha value is -0.850. The summed E-state index contributed by atoms with van der Waals surface area (Å²) in [6.07, 6.45) is 10.1. The Kier molecular flexibility index (Phi) is 7.98. The van der Waals surface area contributed by atoms with Gasteiger partial charge in [-0.25, -0.2) is 0 Å². The molecule has 0 N–H and O–H groups in total. The molecule has 0 fully saturated rings. The molecular formula is C14H24O. The third kappa shape index (κ3) is 7.12. The smallest absolute Gasteiger partial charge is 0.155 e. The highest BCUT2D eigenvalue weighted by atomic mass is 16.1. The van der Waals surface area contributed by atoms with Crippen molar-refractivity contribution in [2.75, 3.05) is 0 Å². The third-order valence-electron chi connectivity index (χ3n) is 2.51. The molecule has 0 unspecified atom stereocenters. The molecule has 0 aliphatic heterocycles. The van der Waals surface area contributed by atoms with Crippen LogP contribution in [0.1, 0.15) is 53.4 Å². The number of hydrogen-bond donors (Lipinski definition) is 0. The summed E-state index contributed by atoms with van der Waals surface area (Å²) in [5, 5.41) is 0. The Bertz CT molecular complexity index is 236. The van der Waals surface area contributed by atoms with Gasteiger partial charge in [0.2, 0.25) is 0 Å². The Morgan fingerprint density at radius 1 is 1.27 bits per heavy atom. The summed E-state index contributed by atoms with van der Waals surface area (Å²) in [7, 11) is 0. The van der Waals surface area contributed by atoms with Gasteiger partial charge in [-0.05, 0) is 38.2 Å². The van der Waals surface area contributed by atoms with Gasteiger partial charge in [-0.2, -0.15) is 0 Å². The molecule has 86 valence electrons. The Morgan fingerprint density at radius 3 is 2.40 bits per heavy atom. The first-order chi connectivity index (χ1) is 7.13. The maximum absolute atomic E-state index is 11.2. The quantitative estimate of drug-likeness (QED) is 0.450. The molecular weight excluding hydrogens is 184 g/mol. The second-order valence-corrected chi connectivity index (χ2v) is 4.02. The molecule has 15 heavy (non-hydrogen) atoms. The standard InChI is InChI=1S/C14H24O/c1-5-8-9-13(6-2)10-12(4)11-14(15)7-3/h8-9,11,13H,5-7,10H2,1-4H3/b9-8+,12-11+/t13-/m0/s1. The number of ketones is 1. The zero-order valence-electron chi connectivity index (χ0n) is 10.5. The average Bonchev–Trinajstić information content (AvgIpc) is 2.23. The minimum atomic E-state index is 0.238. The minimum Gasteiger partial charge on any atom is -0.295 e. The fourth-order valence-corrected chi connectivity index (χ4v) is 1.53. The van der Waals surface area contributed by atoms with Gasteiger partial charge in [0, 0.05) is 6.42 Å². The number of hydrogen-bond acceptors (Lipinski definition) is 1. The molecule has 0 saturated heterocycles. The van der Waals surface area contributed by atoms with Crippen molar-refractivity contribution in [3.05, 3.63) is 23.8 Å². The van der Waals surface area contributed by atoms with E-state index in [1.165, 1.54) is 5.57 Å². The molecule has 0 heterocycles. The first kappa shape index (κ1) is 14.2. The van der Waals surface area contributed by atoms with Crippen molar-refractivity contribution < 1.29 is 4.79 Å². The van der Waals surface area contributed by atoms with Gasteiger partial charge in [-0.15, -0.1) is 0 Å². The zero-order chi connectivity index (χ0) is 11.7. The second-order valence-electron chi connectivity index (χ2n) is 4.02. The number of rotatable bonds is 7. The molecule has 0 spiro atoms. The van der Waals surface area contributed by atoms with Gasteiger partial charge in [0.25, 0.3) is 0 Å². The predicted octanol–water partition coefficient (Wildman–Crippen LogP) is 4.29. The van der Waals surface area contributed by atoms with E-state index in [0.717, 1.165) is 19.3 Å². The van der Waals surface area contributed by atoms with Gasteiger partial charge in [-0.3, -0.25) is 4.79 Å². The van der Waals surface area contributed by atoms with Crippen molar-refractivity contribution in [2.45, 2.75) is 53.4 Å². The molecule has 1 heteroatoms. The summed E-state index contributed by atoms with van der Waals surface area (Å²) in [4.78, 5) is 11.2. The lowest BCUT2D eigenvalue weighted by Crippen LogP contribution is -1.98. The summed E-state index contributed by atoms with van der Waals surface area (Å²) >= 11 is 0. The van der Waals surface area contributed by atoms with Gasteiger partial charge < -0.3 is 0 Å². The Balaban J connectivity index is 4.23. The summed E-state index contributed by atoms with van der Waals surface area (Å²) in [5.41, 5.74) is 1.20. The zero-order valence-corrected chi connectivity index (χ0v) is 10.5. The van der Waals surface area contributed by atoms with Crippen LogP contribution < -0.4 is 0 Å². The summed E-state index contributed by atoms with van der Waals surface area (Å²) in [5.74, 6) is 0.827. The fourth-order valence-electron chi connectivity index (χ4n) is 1.53. The van der Waals surface area contributed by atoms with E-state index < -0.39 is 0 Å². The van der Waals surface area contributed by atoms with Crippen LogP contribution in [0.2, 0.25) is 0 Å². The van der Waals surface area contributed by atoms with Gasteiger partial charge in [0.15, 0.2) is 5.78 Å². The van der Waals surface area contributed by atoms with Crippen molar-refractivity contribution in [2.24, 2.45) is 5.92 Å². The van der Waals surface area contributed by atoms with Crippen molar-refractivity contribution in [1.29, 1.82) is 0 Å². The van der Waals surface area contributed by atoms with E-state index in [-0.39, 0.29) is 5.78 Å². The van der Waals surface area contributed by atoms with E-state index in [9.17, 15) is 4.79 Å². The van der Waals surface area contributed by atoms with Crippen LogP contribution in [0.4, 0.5) is 0 Å². The van der Waals surface area contributed by atoms with Crippen LogP contribution in [-0.4, -0.2) is 5.78 Å². The maximum atomic E-state index is 11.2. The van der Waals surface area contributed by atoms with Gasteiger partial charge in [-0.1, -0.05) is 38.5 Å². The highest BCUT2D eigenvalue weighted by molar-refractivity contribution is 5.89. The lowest BCUT2D eigenvalue weighted by Gasteiger charge is -2.09. The monoisotopic (exact) mass is 208 g/mol. The summed E-state index contributed by atoms with van der Waals surface area (Å²) in [6.45, 7) is 8.29. The molecule has 0 aromatic rings. The van der Waals surface area contributed by atoms with Crippen LogP contribution in [0.5, 0.6) is 0 Å². The third-order valence-corrected chi connectivity index (χ3v) is 2.51. The van der Waals surface area contributed by atoms with E-state index in [2.05, 4.69) is 32.9 Å². The molecule has 0 aromatic heterocycles. The highest BCUT2D eigenvalue weighted by Crippen LogP contribution is 2.16. The highest BCUT2D eigenvalue weighted by Gasteiger charge is 2.03. The number of carbonyl (C=O) groups excluding carboxylic acids is 1. The normalized spacial score (nSPS) is 14.5. The Labute approximate surface area is 94.3 Å².